The molecule has 22 heavy (non-hydrogen) atoms. The Morgan fingerprint density at radius 1 is 0.955 bits per heavy atom. The van der Waals surface area contributed by atoms with E-state index in [9.17, 15) is 10.2 Å². The van der Waals surface area contributed by atoms with Gasteiger partial charge in [-0.1, -0.05) is 34.9 Å². The van der Waals surface area contributed by atoms with Gasteiger partial charge in [0.25, 0.3) is 0 Å². The third-order valence-electron chi connectivity index (χ3n) is 4.90. The summed E-state index contributed by atoms with van der Waals surface area (Å²) >= 11 is 0. The highest BCUT2D eigenvalue weighted by Gasteiger charge is 2.30. The van der Waals surface area contributed by atoms with Gasteiger partial charge < -0.3 is 10.2 Å². The van der Waals surface area contributed by atoms with Gasteiger partial charge in [-0.05, 0) is 78.6 Å². The SMILES string of the molecule is C/C1=C\CC/C(C)=C/C[C@H](C(C)(O)CO)CC/C(C)=C/CC1. The van der Waals surface area contributed by atoms with Crippen LogP contribution in [0.25, 0.3) is 0 Å². The van der Waals surface area contributed by atoms with E-state index in [1.54, 1.807) is 6.92 Å². The Bertz CT molecular complexity index is 427. The van der Waals surface area contributed by atoms with E-state index in [2.05, 4.69) is 39.0 Å². The molecule has 0 aromatic rings. The first-order chi connectivity index (χ1) is 10.3. The van der Waals surface area contributed by atoms with Gasteiger partial charge in [0.1, 0.15) is 0 Å². The number of allylic oxidation sites excluding steroid dienone is 6. The maximum absolute atomic E-state index is 10.5. The molecule has 0 saturated carbocycles. The molecule has 0 amide bonds. The van der Waals surface area contributed by atoms with Crippen LogP contribution in [-0.4, -0.2) is 22.4 Å². The summed E-state index contributed by atoms with van der Waals surface area (Å²) in [5, 5.41) is 19.9. The summed E-state index contributed by atoms with van der Waals surface area (Å²) in [6.07, 6.45) is 14.1. The third kappa shape index (κ3) is 6.93. The third-order valence-corrected chi connectivity index (χ3v) is 4.90. The van der Waals surface area contributed by atoms with Gasteiger partial charge in [0.15, 0.2) is 0 Å². The van der Waals surface area contributed by atoms with Crippen LogP contribution < -0.4 is 0 Å². The summed E-state index contributed by atoms with van der Waals surface area (Å²) in [5.74, 6) is 0.107. The molecule has 0 aromatic heterocycles. The molecular weight excluding hydrogens is 272 g/mol. The van der Waals surface area contributed by atoms with Gasteiger partial charge in [-0.2, -0.15) is 0 Å². The van der Waals surface area contributed by atoms with Crippen LogP contribution in [0.2, 0.25) is 0 Å². The second kappa shape index (κ2) is 9.32. The molecule has 0 aromatic carbocycles. The highest BCUT2D eigenvalue weighted by Crippen LogP contribution is 2.28. The van der Waals surface area contributed by atoms with Crippen molar-refractivity contribution in [2.24, 2.45) is 5.92 Å². The Morgan fingerprint density at radius 2 is 1.45 bits per heavy atom. The van der Waals surface area contributed by atoms with E-state index in [1.807, 2.05) is 0 Å². The van der Waals surface area contributed by atoms with Crippen molar-refractivity contribution in [1.29, 1.82) is 0 Å². The van der Waals surface area contributed by atoms with E-state index < -0.39 is 5.60 Å². The maximum atomic E-state index is 10.5. The lowest BCUT2D eigenvalue weighted by Gasteiger charge is -2.31. The van der Waals surface area contributed by atoms with E-state index >= 15 is 0 Å². The predicted octanol–water partition coefficient (Wildman–Crippen LogP) is 4.93. The van der Waals surface area contributed by atoms with Crippen molar-refractivity contribution in [3.63, 3.8) is 0 Å². The van der Waals surface area contributed by atoms with Crippen LogP contribution in [0.5, 0.6) is 0 Å². The minimum atomic E-state index is -0.995. The molecule has 126 valence electrons. The summed E-state index contributed by atoms with van der Waals surface area (Å²) in [7, 11) is 0. The summed E-state index contributed by atoms with van der Waals surface area (Å²) in [6, 6.07) is 0. The van der Waals surface area contributed by atoms with Crippen molar-refractivity contribution >= 4 is 0 Å². The first kappa shape index (κ1) is 19.2. The van der Waals surface area contributed by atoms with E-state index in [4.69, 9.17) is 0 Å². The normalized spacial score (nSPS) is 32.5. The topological polar surface area (TPSA) is 40.5 Å². The van der Waals surface area contributed by atoms with Gasteiger partial charge in [-0.3, -0.25) is 0 Å². The number of rotatable bonds is 2. The van der Waals surface area contributed by atoms with Gasteiger partial charge in [0.2, 0.25) is 0 Å². The lowest BCUT2D eigenvalue weighted by atomic mass is 9.82. The molecule has 0 bridgehead atoms. The first-order valence-corrected chi connectivity index (χ1v) is 8.65. The van der Waals surface area contributed by atoms with Crippen LogP contribution in [0.4, 0.5) is 0 Å². The fraction of sp³-hybridized carbons (Fsp3) is 0.700. The molecule has 1 aliphatic carbocycles. The Morgan fingerprint density at radius 3 is 2.00 bits per heavy atom. The molecule has 2 nitrogen and oxygen atoms in total. The molecular formula is C20H34O2. The molecule has 2 atom stereocenters. The standard InChI is InChI=1S/C20H34O2/c1-16-7-5-9-17(2)11-13-19(20(4,22)15-21)14-12-18(3)10-6-8-16/h7,10-11,19,21-22H,5-6,8-9,12-15H2,1-4H3/b16-7+,17-11+,18-10+/t19-,20?/m0/s1. The number of aliphatic hydroxyl groups is 2. The Kier molecular flexibility index (Phi) is 8.13. The number of aliphatic hydroxyl groups excluding tert-OH is 1. The molecule has 0 fully saturated rings. The molecule has 1 aliphatic rings. The van der Waals surface area contributed by atoms with Gasteiger partial charge >= 0.3 is 0 Å². The molecule has 0 saturated heterocycles. The van der Waals surface area contributed by atoms with Crippen molar-refractivity contribution in [2.75, 3.05) is 6.61 Å². The van der Waals surface area contributed by atoms with E-state index in [1.165, 1.54) is 16.7 Å². The number of hydrogen-bond donors (Lipinski definition) is 2. The van der Waals surface area contributed by atoms with E-state index in [0.717, 1.165) is 44.9 Å². The van der Waals surface area contributed by atoms with Crippen LogP contribution in [-0.2, 0) is 0 Å². The summed E-state index contributed by atoms with van der Waals surface area (Å²) in [5.41, 5.74) is 3.26. The lowest BCUT2D eigenvalue weighted by molar-refractivity contribution is -0.0483. The van der Waals surface area contributed by atoms with Gasteiger partial charge in [0.05, 0.1) is 12.2 Å². The summed E-state index contributed by atoms with van der Waals surface area (Å²) < 4.78 is 0. The maximum Gasteiger partial charge on any atom is 0.0880 e. The van der Waals surface area contributed by atoms with Gasteiger partial charge in [0, 0.05) is 0 Å². The quantitative estimate of drug-likeness (QED) is 0.710. The lowest BCUT2D eigenvalue weighted by Crippen LogP contribution is -2.38. The molecule has 0 spiro atoms. The van der Waals surface area contributed by atoms with Crippen LogP contribution in [0.3, 0.4) is 0 Å². The van der Waals surface area contributed by atoms with Crippen LogP contribution >= 0.6 is 0 Å². The molecule has 1 rings (SSSR count). The van der Waals surface area contributed by atoms with Crippen molar-refractivity contribution in [3.8, 4) is 0 Å². The van der Waals surface area contributed by atoms with Crippen molar-refractivity contribution in [1.82, 2.24) is 0 Å². The number of hydrogen-bond acceptors (Lipinski definition) is 2. The second-order valence-electron chi connectivity index (χ2n) is 7.22. The Hall–Kier alpha value is -0.860. The van der Waals surface area contributed by atoms with Crippen LogP contribution in [0.15, 0.2) is 34.9 Å². The molecule has 1 unspecified atom stereocenters. The Labute approximate surface area is 136 Å². The largest absolute Gasteiger partial charge is 0.393 e. The minimum Gasteiger partial charge on any atom is -0.393 e. The zero-order chi connectivity index (χ0) is 16.6. The van der Waals surface area contributed by atoms with Crippen LogP contribution in [0.1, 0.15) is 72.6 Å². The fourth-order valence-electron chi connectivity index (χ4n) is 2.96. The highest BCUT2D eigenvalue weighted by molar-refractivity contribution is 5.08. The Balaban J connectivity index is 2.87. The molecule has 0 radical (unpaired) electrons. The highest BCUT2D eigenvalue weighted by atomic mass is 16.3. The summed E-state index contributed by atoms with van der Waals surface area (Å²) in [6.45, 7) is 8.16. The molecule has 0 heterocycles. The zero-order valence-corrected chi connectivity index (χ0v) is 14.9. The predicted molar refractivity (Wildman–Crippen MR) is 94.8 cm³/mol. The molecule has 2 heteroatoms. The molecule has 2 N–H and O–H groups in total. The first-order valence-electron chi connectivity index (χ1n) is 8.65. The second-order valence-corrected chi connectivity index (χ2v) is 7.22. The van der Waals surface area contributed by atoms with E-state index in [-0.39, 0.29) is 12.5 Å². The average molecular weight is 306 g/mol. The smallest absolute Gasteiger partial charge is 0.0880 e. The van der Waals surface area contributed by atoms with Gasteiger partial charge in [-0.15, -0.1) is 0 Å². The van der Waals surface area contributed by atoms with Crippen LogP contribution in [0, 0.1) is 5.92 Å². The average Bonchev–Trinajstić information content (AvgIpc) is 2.46. The van der Waals surface area contributed by atoms with Crippen molar-refractivity contribution in [2.45, 2.75) is 78.2 Å². The minimum absolute atomic E-state index is 0.107. The summed E-state index contributed by atoms with van der Waals surface area (Å²) in [4.78, 5) is 0. The van der Waals surface area contributed by atoms with E-state index in [0.29, 0.717) is 0 Å². The zero-order valence-electron chi connectivity index (χ0n) is 14.9. The monoisotopic (exact) mass is 306 g/mol. The molecule has 0 aliphatic heterocycles. The van der Waals surface area contributed by atoms with Gasteiger partial charge in [-0.25, -0.2) is 0 Å². The fourth-order valence-corrected chi connectivity index (χ4v) is 2.96. The van der Waals surface area contributed by atoms with Crippen molar-refractivity contribution in [3.05, 3.63) is 34.9 Å². The van der Waals surface area contributed by atoms with Crippen molar-refractivity contribution < 1.29 is 10.2 Å².